The van der Waals surface area contributed by atoms with Crippen LogP contribution in [-0.4, -0.2) is 126 Å². The number of anilines is 4. The molecule has 4 aromatic carbocycles. The number of hydrogen-bond acceptors (Lipinski definition) is 14. The van der Waals surface area contributed by atoms with Gasteiger partial charge in [0.15, 0.2) is 13.5 Å². The van der Waals surface area contributed by atoms with Crippen LogP contribution >= 0.6 is 22.7 Å². The maximum atomic E-state index is 13.0. The normalized spacial score (nSPS) is 16.2. The largest absolute Gasteiger partial charge is 0.494 e. The van der Waals surface area contributed by atoms with Crippen molar-refractivity contribution in [2.75, 3.05) is 112 Å². The molecule has 0 bridgehead atoms. The molecule has 14 nitrogen and oxygen atoms in total. The maximum absolute atomic E-state index is 13.0. The van der Waals surface area contributed by atoms with Crippen LogP contribution in [0.4, 0.5) is 22.7 Å². The first-order valence-corrected chi connectivity index (χ1v) is 30.4. The first-order chi connectivity index (χ1) is 38.3. The molecular formula is C62H76N6O8S2. The Morgan fingerprint density at radius 2 is 0.885 bits per heavy atom. The summed E-state index contributed by atoms with van der Waals surface area (Å²) in [4.78, 5) is 64.9. The Morgan fingerprint density at radius 3 is 1.33 bits per heavy atom. The number of carbonyl (C=O) groups excluding carboxylic acids is 4. The van der Waals surface area contributed by atoms with Crippen LogP contribution in [0.25, 0.3) is 20.2 Å². The predicted octanol–water partition coefficient (Wildman–Crippen LogP) is 11.5. The van der Waals surface area contributed by atoms with Crippen LogP contribution in [0.15, 0.2) is 95.7 Å². The molecule has 4 aliphatic heterocycles. The van der Waals surface area contributed by atoms with Crippen LogP contribution in [0.3, 0.4) is 0 Å². The summed E-state index contributed by atoms with van der Waals surface area (Å²) >= 11 is 3.60. The van der Waals surface area contributed by atoms with Gasteiger partial charge in [-0.05, 0) is 135 Å². The quantitative estimate of drug-likeness (QED) is 0.0360. The van der Waals surface area contributed by atoms with Gasteiger partial charge in [-0.3, -0.25) is 38.8 Å². The van der Waals surface area contributed by atoms with E-state index in [4.69, 9.17) is 18.9 Å². The topological polar surface area (TPSA) is 125 Å². The molecule has 0 spiro atoms. The summed E-state index contributed by atoms with van der Waals surface area (Å²) in [6.07, 6.45) is 11.6. The van der Waals surface area contributed by atoms with Gasteiger partial charge < -0.3 is 28.7 Å². The number of unbranched alkanes of at least 4 members (excludes halogenated alkanes) is 7. The molecule has 0 N–H and O–H groups in total. The van der Waals surface area contributed by atoms with Gasteiger partial charge in [-0.1, -0.05) is 49.9 Å². The SMILES string of the molecule is O=C(CCCCCCCCC(=O)OCN1C(=O)CCc2ccc(OCCCCN3CCN(c4cccc5sccc45)CC3)cc21)OCN1C(=O)CCc2ccc(OCCCCN3CCN(c4cccc5sccc45)CC3)cc21. The zero-order valence-electron chi connectivity index (χ0n) is 45.2. The molecule has 0 saturated carbocycles. The van der Waals surface area contributed by atoms with E-state index in [9.17, 15) is 19.2 Å². The van der Waals surface area contributed by atoms with Gasteiger partial charge in [-0.2, -0.15) is 0 Å². The summed E-state index contributed by atoms with van der Waals surface area (Å²) in [6, 6.07) is 29.5. The Morgan fingerprint density at radius 1 is 0.449 bits per heavy atom. The highest BCUT2D eigenvalue weighted by Crippen LogP contribution is 2.35. The number of nitrogens with zero attached hydrogens (tertiary/aromatic N) is 6. The van der Waals surface area contributed by atoms with Crippen molar-refractivity contribution in [2.45, 2.75) is 103 Å². The van der Waals surface area contributed by atoms with E-state index in [-0.39, 0.29) is 50.1 Å². The second-order valence-corrected chi connectivity index (χ2v) is 23.0. The van der Waals surface area contributed by atoms with Gasteiger partial charge in [0.05, 0.1) is 24.6 Å². The second-order valence-electron chi connectivity index (χ2n) is 21.1. The number of piperazine rings is 2. The predicted molar refractivity (Wildman–Crippen MR) is 314 cm³/mol. The molecule has 6 heterocycles. The molecule has 0 aliphatic carbocycles. The van der Waals surface area contributed by atoms with Gasteiger partial charge in [0.25, 0.3) is 0 Å². The van der Waals surface area contributed by atoms with Crippen LogP contribution in [-0.2, 0) is 41.5 Å². The minimum atomic E-state index is -0.319. The molecule has 6 aromatic rings. The lowest BCUT2D eigenvalue weighted by atomic mass is 10.0. The fourth-order valence-corrected chi connectivity index (χ4v) is 13.0. The standard InChI is InChI=1S/C62H76N6O8S2/c69-59-25-21-47-19-23-49(73-39-9-7-29-63-31-35-65(36-32-63)53-13-11-15-57-51(53)27-41-77-57)43-55(47)67(59)45-75-61(71)17-5-3-1-2-4-6-18-62(72)76-46-68-56-44-50(24-20-48(56)22-26-60(68)70)74-40-10-8-30-64-33-37-66(38-34-64)54-14-12-16-58-52(54)28-42-78-58/h11-16,19-20,23-24,27-28,41-44H,1-10,17-18,21-22,25-26,29-40,45-46H2. The Labute approximate surface area is 467 Å². The van der Waals surface area contributed by atoms with Crippen LogP contribution in [0, 0.1) is 0 Å². The number of carbonyl (C=O) groups is 4. The molecule has 2 fully saturated rings. The summed E-state index contributed by atoms with van der Waals surface area (Å²) in [6.45, 7) is 11.4. The molecule has 16 heteroatoms. The molecule has 2 amide bonds. The number of esters is 2. The molecule has 0 unspecified atom stereocenters. The minimum Gasteiger partial charge on any atom is -0.494 e. The molecule has 0 radical (unpaired) electrons. The third kappa shape index (κ3) is 14.5. The Kier molecular flexibility index (Phi) is 19.5. The zero-order valence-corrected chi connectivity index (χ0v) is 46.8. The molecule has 0 atom stereocenters. The molecule has 2 saturated heterocycles. The zero-order chi connectivity index (χ0) is 53.5. The number of thiophene rings is 2. The van der Waals surface area contributed by atoms with Crippen LogP contribution in [0.1, 0.15) is 101 Å². The van der Waals surface area contributed by atoms with E-state index in [0.29, 0.717) is 51.7 Å². The number of ether oxygens (including phenoxy) is 4. The Hall–Kier alpha value is -6.20. The lowest BCUT2D eigenvalue weighted by Gasteiger charge is -2.36. The number of benzene rings is 4. The van der Waals surface area contributed by atoms with Crippen LogP contribution < -0.4 is 29.1 Å². The van der Waals surface area contributed by atoms with Crippen molar-refractivity contribution in [3.63, 3.8) is 0 Å². The van der Waals surface area contributed by atoms with Gasteiger partial charge in [0, 0.05) is 122 Å². The molecule has 10 rings (SSSR count). The van der Waals surface area contributed by atoms with Crippen molar-refractivity contribution in [3.05, 3.63) is 107 Å². The molecule has 2 aromatic heterocycles. The maximum Gasteiger partial charge on any atom is 0.307 e. The second kappa shape index (κ2) is 27.6. The number of hydrogen-bond donors (Lipinski definition) is 0. The van der Waals surface area contributed by atoms with E-state index >= 15 is 0 Å². The van der Waals surface area contributed by atoms with E-state index in [0.717, 1.165) is 151 Å². The van der Waals surface area contributed by atoms with E-state index in [1.54, 1.807) is 32.5 Å². The fraction of sp³-hybridized carbons (Fsp3) is 0.484. The molecule has 78 heavy (non-hydrogen) atoms. The van der Waals surface area contributed by atoms with Gasteiger partial charge >= 0.3 is 11.9 Å². The summed E-state index contributed by atoms with van der Waals surface area (Å²) in [5.74, 6) is 0.674. The number of amides is 2. The third-order valence-electron chi connectivity index (χ3n) is 15.9. The van der Waals surface area contributed by atoms with Crippen molar-refractivity contribution in [1.82, 2.24) is 9.80 Å². The average molecular weight is 1100 g/mol. The highest BCUT2D eigenvalue weighted by Gasteiger charge is 2.28. The first kappa shape index (κ1) is 55.1. The smallest absolute Gasteiger partial charge is 0.307 e. The molecule has 414 valence electrons. The van der Waals surface area contributed by atoms with Gasteiger partial charge in [0.1, 0.15) is 11.5 Å². The highest BCUT2D eigenvalue weighted by molar-refractivity contribution is 7.17. The van der Waals surface area contributed by atoms with Crippen LogP contribution in [0.5, 0.6) is 11.5 Å². The highest BCUT2D eigenvalue weighted by atomic mass is 32.1. The average Bonchev–Trinajstić information content (AvgIpc) is 4.19. The molecule has 4 aliphatic rings. The Bertz CT molecular complexity index is 2770. The summed E-state index contributed by atoms with van der Waals surface area (Å²) in [5, 5.41) is 7.06. The lowest BCUT2D eigenvalue weighted by molar-refractivity contribution is -0.145. The van der Waals surface area contributed by atoms with Crippen LogP contribution in [0.2, 0.25) is 0 Å². The molecular weight excluding hydrogens is 1020 g/mol. The van der Waals surface area contributed by atoms with Crippen molar-refractivity contribution in [1.29, 1.82) is 0 Å². The number of fused-ring (bicyclic) bond motifs is 4. The van der Waals surface area contributed by atoms with Crippen molar-refractivity contribution in [2.24, 2.45) is 0 Å². The van der Waals surface area contributed by atoms with E-state index in [1.165, 1.54) is 31.5 Å². The van der Waals surface area contributed by atoms with Crippen molar-refractivity contribution >= 4 is 89.3 Å². The number of aryl methyl sites for hydroxylation is 2. The summed E-state index contributed by atoms with van der Waals surface area (Å²) < 4.78 is 26.3. The van der Waals surface area contributed by atoms with E-state index in [2.05, 4.69) is 78.9 Å². The first-order valence-electron chi connectivity index (χ1n) is 28.6. The minimum absolute atomic E-state index is 0.0606. The van der Waals surface area contributed by atoms with Gasteiger partial charge in [-0.25, -0.2) is 0 Å². The summed E-state index contributed by atoms with van der Waals surface area (Å²) in [5.41, 5.74) is 6.29. The van der Waals surface area contributed by atoms with E-state index < -0.39 is 0 Å². The van der Waals surface area contributed by atoms with Gasteiger partial charge in [0.2, 0.25) is 11.8 Å². The lowest BCUT2D eigenvalue weighted by Crippen LogP contribution is -2.46. The fourth-order valence-electron chi connectivity index (χ4n) is 11.3. The monoisotopic (exact) mass is 1100 g/mol. The number of rotatable bonds is 27. The Balaban J connectivity index is 0.553. The van der Waals surface area contributed by atoms with Gasteiger partial charge in [-0.15, -0.1) is 22.7 Å². The third-order valence-corrected chi connectivity index (χ3v) is 17.6. The van der Waals surface area contributed by atoms with Crippen molar-refractivity contribution in [3.8, 4) is 11.5 Å². The van der Waals surface area contributed by atoms with Crippen molar-refractivity contribution < 1.29 is 38.1 Å². The summed E-state index contributed by atoms with van der Waals surface area (Å²) in [7, 11) is 0. The van der Waals surface area contributed by atoms with E-state index in [1.807, 2.05) is 36.4 Å².